The van der Waals surface area contributed by atoms with Crippen LogP contribution in [-0.4, -0.2) is 10.2 Å². The quantitative estimate of drug-likeness (QED) is 0.721. The maximum atomic E-state index is 13.9. The van der Waals surface area contributed by atoms with Crippen molar-refractivity contribution in [2.75, 3.05) is 0 Å². The lowest BCUT2D eigenvalue weighted by molar-refractivity contribution is 0.582. The van der Waals surface area contributed by atoms with Crippen LogP contribution in [-0.2, 0) is 0 Å². The number of hydrogen-bond donors (Lipinski definition) is 1. The Labute approximate surface area is 104 Å². The van der Waals surface area contributed by atoms with Crippen molar-refractivity contribution in [2.24, 2.45) is 0 Å². The van der Waals surface area contributed by atoms with Crippen LogP contribution in [0.3, 0.4) is 0 Å². The zero-order valence-electron chi connectivity index (χ0n) is 9.60. The third kappa shape index (κ3) is 1.80. The Morgan fingerprint density at radius 1 is 0.778 bits per heavy atom. The van der Waals surface area contributed by atoms with Crippen molar-refractivity contribution < 1.29 is 4.39 Å². The predicted octanol–water partition coefficient (Wildman–Crippen LogP) is 3.88. The Morgan fingerprint density at radius 3 is 1.94 bits per heavy atom. The molecule has 0 spiro atoms. The molecule has 0 amide bonds. The van der Waals surface area contributed by atoms with Gasteiger partial charge in [0, 0.05) is 5.56 Å². The van der Waals surface area contributed by atoms with Crippen LogP contribution in [0.4, 0.5) is 4.39 Å². The number of H-pyrrole nitrogens is 1. The van der Waals surface area contributed by atoms with Crippen LogP contribution in [0, 0.1) is 5.95 Å². The average Bonchev–Trinajstić information content (AvgIpc) is 2.83. The number of aromatic nitrogens is 2. The molecule has 2 aromatic carbocycles. The molecule has 3 aromatic rings. The van der Waals surface area contributed by atoms with Gasteiger partial charge in [-0.25, -0.2) is 0 Å². The highest BCUT2D eigenvalue weighted by Gasteiger charge is 2.15. The zero-order valence-corrected chi connectivity index (χ0v) is 9.60. The third-order valence-electron chi connectivity index (χ3n) is 2.83. The molecule has 88 valence electrons. The molecule has 3 rings (SSSR count). The minimum absolute atomic E-state index is 0.403. The van der Waals surface area contributed by atoms with E-state index in [2.05, 4.69) is 10.2 Å². The molecule has 3 heteroatoms. The molecule has 0 aliphatic carbocycles. The maximum Gasteiger partial charge on any atom is 0.217 e. The van der Waals surface area contributed by atoms with Gasteiger partial charge in [0.2, 0.25) is 5.95 Å². The molecule has 0 aliphatic rings. The van der Waals surface area contributed by atoms with Crippen LogP contribution >= 0.6 is 0 Å². The molecule has 0 bridgehead atoms. The summed E-state index contributed by atoms with van der Waals surface area (Å²) < 4.78 is 13.9. The van der Waals surface area contributed by atoms with Crippen molar-refractivity contribution in [1.82, 2.24) is 10.2 Å². The maximum absolute atomic E-state index is 13.9. The smallest absolute Gasteiger partial charge is 0.217 e. The summed E-state index contributed by atoms with van der Waals surface area (Å²) in [7, 11) is 0. The molecule has 2 nitrogen and oxygen atoms in total. The highest BCUT2D eigenvalue weighted by molar-refractivity contribution is 5.80. The molecular formula is C15H11FN2. The topological polar surface area (TPSA) is 28.7 Å². The second kappa shape index (κ2) is 4.45. The Morgan fingerprint density at radius 2 is 1.33 bits per heavy atom. The molecule has 0 radical (unpaired) electrons. The van der Waals surface area contributed by atoms with E-state index >= 15 is 0 Å². The van der Waals surface area contributed by atoms with Gasteiger partial charge in [-0.15, -0.1) is 0 Å². The number of halogens is 1. The van der Waals surface area contributed by atoms with Gasteiger partial charge in [-0.3, -0.25) is 5.10 Å². The van der Waals surface area contributed by atoms with Gasteiger partial charge < -0.3 is 0 Å². The fourth-order valence-corrected chi connectivity index (χ4v) is 1.99. The second-order valence-corrected chi connectivity index (χ2v) is 3.99. The molecule has 0 saturated carbocycles. The molecule has 1 heterocycles. The van der Waals surface area contributed by atoms with Crippen molar-refractivity contribution in [3.05, 3.63) is 66.6 Å². The molecule has 0 aliphatic heterocycles. The Hall–Kier alpha value is -2.42. The van der Waals surface area contributed by atoms with Gasteiger partial charge in [-0.05, 0) is 5.56 Å². The minimum atomic E-state index is -0.403. The highest BCUT2D eigenvalue weighted by atomic mass is 19.1. The van der Waals surface area contributed by atoms with Gasteiger partial charge in [0.05, 0.1) is 5.56 Å². The van der Waals surface area contributed by atoms with Crippen LogP contribution in [0.5, 0.6) is 0 Å². The van der Waals surface area contributed by atoms with Gasteiger partial charge >= 0.3 is 0 Å². The first-order valence-corrected chi connectivity index (χ1v) is 5.71. The summed E-state index contributed by atoms with van der Waals surface area (Å²) >= 11 is 0. The molecule has 0 fully saturated rings. The zero-order chi connectivity index (χ0) is 12.4. The number of nitrogens with zero attached hydrogens (tertiary/aromatic N) is 1. The van der Waals surface area contributed by atoms with Crippen LogP contribution in [0.15, 0.2) is 60.7 Å². The fourth-order valence-electron chi connectivity index (χ4n) is 1.99. The summed E-state index contributed by atoms with van der Waals surface area (Å²) in [5.41, 5.74) is 2.88. The van der Waals surface area contributed by atoms with Gasteiger partial charge in [-0.1, -0.05) is 60.7 Å². The molecule has 0 saturated heterocycles. The van der Waals surface area contributed by atoms with E-state index in [0.29, 0.717) is 11.3 Å². The minimum Gasteiger partial charge on any atom is -0.252 e. The summed E-state index contributed by atoms with van der Waals surface area (Å²) in [6, 6.07) is 19.0. The van der Waals surface area contributed by atoms with E-state index in [1.807, 2.05) is 60.7 Å². The summed E-state index contributed by atoms with van der Waals surface area (Å²) in [5, 5.41) is 6.48. The largest absolute Gasteiger partial charge is 0.252 e. The first kappa shape index (κ1) is 10.7. The SMILES string of the molecule is Fc1[nH]nc(-c2ccccc2)c1-c1ccccc1. The van der Waals surface area contributed by atoms with Crippen LogP contribution in [0.2, 0.25) is 0 Å². The second-order valence-electron chi connectivity index (χ2n) is 3.99. The summed E-state index contributed by atoms with van der Waals surface area (Å²) in [6.07, 6.45) is 0. The van der Waals surface area contributed by atoms with Gasteiger partial charge in [0.15, 0.2) is 0 Å². The molecule has 0 atom stereocenters. The van der Waals surface area contributed by atoms with E-state index in [1.54, 1.807) is 0 Å². The molecule has 0 unspecified atom stereocenters. The van der Waals surface area contributed by atoms with E-state index in [-0.39, 0.29) is 0 Å². The van der Waals surface area contributed by atoms with Crippen molar-refractivity contribution in [1.29, 1.82) is 0 Å². The monoisotopic (exact) mass is 238 g/mol. The summed E-state index contributed by atoms with van der Waals surface area (Å²) in [4.78, 5) is 0. The van der Waals surface area contributed by atoms with E-state index < -0.39 is 5.95 Å². The van der Waals surface area contributed by atoms with E-state index in [4.69, 9.17) is 0 Å². The number of nitrogens with one attached hydrogen (secondary N) is 1. The summed E-state index contributed by atoms with van der Waals surface area (Å²) in [5.74, 6) is -0.403. The Balaban J connectivity index is 2.19. The number of hydrogen-bond acceptors (Lipinski definition) is 1. The molecule has 1 N–H and O–H groups in total. The first-order valence-electron chi connectivity index (χ1n) is 5.71. The normalized spacial score (nSPS) is 10.5. The first-order chi connectivity index (χ1) is 8.86. The van der Waals surface area contributed by atoms with Crippen LogP contribution < -0.4 is 0 Å². The molecule has 1 aromatic heterocycles. The van der Waals surface area contributed by atoms with E-state index in [1.165, 1.54) is 0 Å². The van der Waals surface area contributed by atoms with E-state index in [9.17, 15) is 4.39 Å². The summed E-state index contributed by atoms with van der Waals surface area (Å²) in [6.45, 7) is 0. The number of aromatic amines is 1. The van der Waals surface area contributed by atoms with Crippen molar-refractivity contribution in [3.8, 4) is 22.4 Å². The molecule has 18 heavy (non-hydrogen) atoms. The Bertz CT molecular complexity index is 645. The van der Waals surface area contributed by atoms with Crippen molar-refractivity contribution in [2.45, 2.75) is 0 Å². The van der Waals surface area contributed by atoms with Gasteiger partial charge in [0.25, 0.3) is 0 Å². The van der Waals surface area contributed by atoms with Crippen molar-refractivity contribution >= 4 is 0 Å². The fraction of sp³-hybridized carbons (Fsp3) is 0. The van der Waals surface area contributed by atoms with Crippen LogP contribution in [0.1, 0.15) is 0 Å². The lowest BCUT2D eigenvalue weighted by Gasteiger charge is -2.02. The Kier molecular flexibility index (Phi) is 2.65. The standard InChI is InChI=1S/C15H11FN2/c16-15-13(11-7-3-1-4-8-11)14(17-18-15)12-9-5-2-6-10-12/h1-10H,(H,17,18). The van der Waals surface area contributed by atoms with Crippen molar-refractivity contribution in [3.63, 3.8) is 0 Å². The van der Waals surface area contributed by atoms with Gasteiger partial charge in [-0.2, -0.15) is 9.49 Å². The van der Waals surface area contributed by atoms with Crippen LogP contribution in [0.25, 0.3) is 22.4 Å². The predicted molar refractivity (Wildman–Crippen MR) is 69.4 cm³/mol. The number of rotatable bonds is 2. The lowest BCUT2D eigenvalue weighted by Crippen LogP contribution is -1.83. The third-order valence-corrected chi connectivity index (χ3v) is 2.83. The lowest BCUT2D eigenvalue weighted by atomic mass is 10.0. The van der Waals surface area contributed by atoms with Gasteiger partial charge in [0.1, 0.15) is 5.69 Å². The highest BCUT2D eigenvalue weighted by Crippen LogP contribution is 2.31. The van der Waals surface area contributed by atoms with E-state index in [0.717, 1.165) is 11.1 Å². The average molecular weight is 238 g/mol. The number of benzene rings is 2. The molecular weight excluding hydrogens is 227 g/mol.